The van der Waals surface area contributed by atoms with E-state index in [2.05, 4.69) is 43.1 Å². The number of nitrogens with one attached hydrogen (secondary N) is 1. The van der Waals surface area contributed by atoms with Crippen molar-refractivity contribution < 1.29 is 4.74 Å². The summed E-state index contributed by atoms with van der Waals surface area (Å²) >= 11 is 0. The van der Waals surface area contributed by atoms with E-state index >= 15 is 0 Å². The van der Waals surface area contributed by atoms with Gasteiger partial charge in [-0.2, -0.15) is 0 Å². The van der Waals surface area contributed by atoms with Crippen LogP contribution < -0.4 is 5.32 Å². The molecule has 2 rings (SSSR count). The lowest BCUT2D eigenvalue weighted by Gasteiger charge is -2.29. The number of rotatable bonds is 4. The van der Waals surface area contributed by atoms with Gasteiger partial charge in [0.15, 0.2) is 0 Å². The predicted molar refractivity (Wildman–Crippen MR) is 66.3 cm³/mol. The molecule has 1 aromatic carbocycles. The second kappa shape index (κ2) is 5.28. The van der Waals surface area contributed by atoms with Gasteiger partial charge >= 0.3 is 0 Å². The van der Waals surface area contributed by atoms with Gasteiger partial charge in [-0.15, -0.1) is 6.58 Å². The van der Waals surface area contributed by atoms with Gasteiger partial charge in [0.1, 0.15) is 0 Å². The Labute approximate surface area is 97.3 Å². The second-order valence-electron chi connectivity index (χ2n) is 4.36. The number of benzene rings is 1. The van der Waals surface area contributed by atoms with Gasteiger partial charge < -0.3 is 10.1 Å². The van der Waals surface area contributed by atoms with E-state index in [-0.39, 0.29) is 0 Å². The molecule has 2 unspecified atom stereocenters. The van der Waals surface area contributed by atoms with Crippen LogP contribution >= 0.6 is 0 Å². The Kier molecular flexibility index (Phi) is 3.75. The van der Waals surface area contributed by atoms with Crippen molar-refractivity contribution in [2.75, 3.05) is 6.61 Å². The molecule has 0 amide bonds. The zero-order valence-electron chi connectivity index (χ0n) is 9.78. The molecule has 1 N–H and O–H groups in total. The van der Waals surface area contributed by atoms with E-state index in [0.717, 1.165) is 19.6 Å². The van der Waals surface area contributed by atoms with Gasteiger partial charge in [0.05, 0.1) is 19.3 Å². The summed E-state index contributed by atoms with van der Waals surface area (Å²) < 4.78 is 5.60. The zero-order valence-corrected chi connectivity index (χ0v) is 9.78. The fourth-order valence-corrected chi connectivity index (χ4v) is 2.18. The van der Waals surface area contributed by atoms with Crippen LogP contribution in [-0.2, 0) is 11.3 Å². The minimum atomic E-state index is 0.319. The summed E-state index contributed by atoms with van der Waals surface area (Å²) in [7, 11) is 0. The first-order chi connectivity index (χ1) is 7.81. The van der Waals surface area contributed by atoms with E-state index in [0.29, 0.717) is 12.1 Å². The molecule has 0 fully saturated rings. The van der Waals surface area contributed by atoms with E-state index in [9.17, 15) is 0 Å². The highest BCUT2D eigenvalue weighted by molar-refractivity contribution is 5.31. The molecule has 16 heavy (non-hydrogen) atoms. The molecule has 2 heteroatoms. The molecule has 0 saturated carbocycles. The van der Waals surface area contributed by atoms with Crippen LogP contribution in [-0.4, -0.2) is 12.6 Å². The summed E-state index contributed by atoms with van der Waals surface area (Å²) in [4.78, 5) is 0. The molecule has 0 bridgehead atoms. The molecule has 0 radical (unpaired) electrons. The lowest BCUT2D eigenvalue weighted by molar-refractivity contribution is 0.0792. The average molecular weight is 217 g/mol. The van der Waals surface area contributed by atoms with Crippen LogP contribution in [0.1, 0.15) is 30.5 Å². The minimum absolute atomic E-state index is 0.319. The summed E-state index contributed by atoms with van der Waals surface area (Å²) in [6.45, 7) is 7.45. The topological polar surface area (TPSA) is 21.3 Å². The average Bonchev–Trinajstić information content (AvgIpc) is 2.30. The van der Waals surface area contributed by atoms with Crippen LogP contribution in [0.3, 0.4) is 0 Å². The Morgan fingerprint density at radius 3 is 3.19 bits per heavy atom. The maximum absolute atomic E-state index is 5.60. The summed E-state index contributed by atoms with van der Waals surface area (Å²) in [5.74, 6) is 0. The van der Waals surface area contributed by atoms with Gasteiger partial charge in [-0.1, -0.05) is 30.3 Å². The van der Waals surface area contributed by atoms with Crippen molar-refractivity contribution in [1.29, 1.82) is 0 Å². The highest BCUT2D eigenvalue weighted by Gasteiger charge is 2.20. The Morgan fingerprint density at radius 2 is 2.38 bits per heavy atom. The van der Waals surface area contributed by atoms with E-state index in [1.807, 2.05) is 6.08 Å². The fraction of sp³-hybridized carbons (Fsp3) is 0.429. The Hall–Kier alpha value is -1.12. The van der Waals surface area contributed by atoms with Crippen molar-refractivity contribution in [2.45, 2.75) is 32.0 Å². The number of hydrogen-bond acceptors (Lipinski definition) is 2. The number of fused-ring (bicyclic) bond motifs is 1. The SMILES string of the molecule is C=CCC(C)NC1COCc2ccccc21. The van der Waals surface area contributed by atoms with Crippen LogP contribution in [0.4, 0.5) is 0 Å². The number of hydrogen-bond donors (Lipinski definition) is 1. The predicted octanol–water partition coefficient (Wildman–Crippen LogP) is 2.81. The minimum Gasteiger partial charge on any atom is -0.375 e. The standard InChI is InChI=1S/C14H19NO/c1-3-6-11(2)15-14-10-16-9-12-7-4-5-8-13(12)14/h3-5,7-8,11,14-15H,1,6,9-10H2,2H3. The van der Waals surface area contributed by atoms with Crippen molar-refractivity contribution in [2.24, 2.45) is 0 Å². The molecular weight excluding hydrogens is 198 g/mol. The van der Waals surface area contributed by atoms with Crippen molar-refractivity contribution in [1.82, 2.24) is 5.32 Å². The molecule has 0 aromatic heterocycles. The largest absolute Gasteiger partial charge is 0.375 e. The number of ether oxygens (including phenoxy) is 1. The zero-order chi connectivity index (χ0) is 11.4. The smallest absolute Gasteiger partial charge is 0.0721 e. The van der Waals surface area contributed by atoms with Gasteiger partial charge in [0, 0.05) is 6.04 Å². The van der Waals surface area contributed by atoms with Crippen molar-refractivity contribution in [3.8, 4) is 0 Å². The Morgan fingerprint density at radius 1 is 1.56 bits per heavy atom. The molecule has 1 heterocycles. The lowest BCUT2D eigenvalue weighted by Crippen LogP contribution is -2.35. The highest BCUT2D eigenvalue weighted by atomic mass is 16.5. The van der Waals surface area contributed by atoms with Crippen LogP contribution in [0.5, 0.6) is 0 Å². The van der Waals surface area contributed by atoms with E-state index in [4.69, 9.17) is 4.74 Å². The van der Waals surface area contributed by atoms with Gasteiger partial charge in [0.2, 0.25) is 0 Å². The third-order valence-electron chi connectivity index (χ3n) is 2.98. The molecule has 2 atom stereocenters. The first kappa shape index (κ1) is 11.4. The maximum Gasteiger partial charge on any atom is 0.0721 e. The Bertz CT molecular complexity index is 362. The van der Waals surface area contributed by atoms with Gasteiger partial charge in [-0.05, 0) is 24.5 Å². The summed E-state index contributed by atoms with van der Waals surface area (Å²) in [5.41, 5.74) is 2.68. The van der Waals surface area contributed by atoms with Gasteiger partial charge in [-0.25, -0.2) is 0 Å². The third kappa shape index (κ3) is 2.52. The molecule has 1 aliphatic rings. The van der Waals surface area contributed by atoms with Gasteiger partial charge in [0.25, 0.3) is 0 Å². The summed E-state index contributed by atoms with van der Waals surface area (Å²) in [5, 5.41) is 3.58. The summed E-state index contributed by atoms with van der Waals surface area (Å²) in [6, 6.07) is 9.25. The molecule has 0 aliphatic carbocycles. The lowest BCUT2D eigenvalue weighted by atomic mass is 9.98. The quantitative estimate of drug-likeness (QED) is 0.783. The Balaban J connectivity index is 2.09. The molecule has 1 aromatic rings. The molecule has 2 nitrogen and oxygen atoms in total. The van der Waals surface area contributed by atoms with Crippen molar-refractivity contribution in [3.63, 3.8) is 0 Å². The first-order valence-corrected chi connectivity index (χ1v) is 5.83. The van der Waals surface area contributed by atoms with Crippen LogP contribution in [0, 0.1) is 0 Å². The maximum atomic E-state index is 5.60. The molecule has 86 valence electrons. The van der Waals surface area contributed by atoms with Crippen LogP contribution in [0.2, 0.25) is 0 Å². The van der Waals surface area contributed by atoms with Gasteiger partial charge in [-0.3, -0.25) is 0 Å². The normalized spacial score (nSPS) is 21.2. The molecule has 1 aliphatic heterocycles. The van der Waals surface area contributed by atoms with Crippen molar-refractivity contribution >= 4 is 0 Å². The van der Waals surface area contributed by atoms with E-state index in [1.165, 1.54) is 11.1 Å². The molecular formula is C14H19NO. The van der Waals surface area contributed by atoms with E-state index < -0.39 is 0 Å². The fourth-order valence-electron chi connectivity index (χ4n) is 2.18. The monoisotopic (exact) mass is 217 g/mol. The summed E-state index contributed by atoms with van der Waals surface area (Å²) in [6.07, 6.45) is 2.94. The van der Waals surface area contributed by atoms with E-state index in [1.54, 1.807) is 0 Å². The van der Waals surface area contributed by atoms with Crippen LogP contribution in [0.15, 0.2) is 36.9 Å². The van der Waals surface area contributed by atoms with Crippen molar-refractivity contribution in [3.05, 3.63) is 48.0 Å². The first-order valence-electron chi connectivity index (χ1n) is 5.83. The molecule has 0 saturated heterocycles. The van der Waals surface area contributed by atoms with Crippen LogP contribution in [0.25, 0.3) is 0 Å². The highest BCUT2D eigenvalue weighted by Crippen LogP contribution is 2.24. The molecule has 0 spiro atoms. The third-order valence-corrected chi connectivity index (χ3v) is 2.98. The second-order valence-corrected chi connectivity index (χ2v) is 4.36.